The minimum Gasteiger partial charge on any atom is -0.481 e. The number of rotatable bonds is 19. The van der Waals surface area contributed by atoms with E-state index in [-0.39, 0.29) is 38.2 Å². The third-order valence-electron chi connectivity index (χ3n) is 5.73. The lowest BCUT2D eigenvalue weighted by atomic mass is 10.0. The summed E-state index contributed by atoms with van der Waals surface area (Å²) in [7, 11) is 0. The van der Waals surface area contributed by atoms with Gasteiger partial charge in [-0.05, 0) is 43.3 Å². The Labute approximate surface area is 236 Å². The van der Waals surface area contributed by atoms with Crippen LogP contribution < -0.4 is 33.2 Å². The minimum atomic E-state index is -1.31. The molecule has 14 nitrogen and oxygen atoms in total. The van der Waals surface area contributed by atoms with Gasteiger partial charge in [0.2, 0.25) is 17.7 Å². The average Bonchev–Trinajstić information content (AvgIpc) is 2.90. The molecule has 0 aliphatic heterocycles. The first kappa shape index (κ1) is 34.2. The number of carbonyl (C=O) groups is 5. The summed E-state index contributed by atoms with van der Waals surface area (Å²) in [5.41, 5.74) is 17.1. The number of aliphatic imine (C=N–C) groups is 1. The van der Waals surface area contributed by atoms with Crippen molar-refractivity contribution in [3.63, 3.8) is 0 Å². The van der Waals surface area contributed by atoms with Gasteiger partial charge >= 0.3 is 11.9 Å². The predicted octanol–water partition coefficient (Wildman–Crippen LogP) is -1.23. The summed E-state index contributed by atoms with van der Waals surface area (Å²) in [4.78, 5) is 65.7. The van der Waals surface area contributed by atoms with Gasteiger partial charge in [-0.15, -0.1) is 0 Å². The number of nitrogens with zero attached hydrogens (tertiary/aromatic N) is 1. The zero-order chi connectivity index (χ0) is 30.1. The van der Waals surface area contributed by atoms with E-state index in [1.165, 1.54) is 11.8 Å². The molecule has 0 saturated carbocycles. The summed E-state index contributed by atoms with van der Waals surface area (Å²) >= 11 is 1.42. The molecule has 4 unspecified atom stereocenters. The number of hydrogen-bond acceptors (Lipinski definition) is 8. The molecule has 0 radical (unpaired) electrons. The Kier molecular flexibility index (Phi) is 15.8. The normalized spacial score (nSPS) is 13.7. The fourth-order valence-electron chi connectivity index (χ4n) is 3.56. The van der Waals surface area contributed by atoms with Crippen molar-refractivity contribution < 1.29 is 34.2 Å². The predicted molar refractivity (Wildman–Crippen MR) is 151 cm³/mol. The fraction of sp³-hybridized carbons (Fsp3) is 0.520. The molecule has 3 amide bonds. The molecule has 40 heavy (non-hydrogen) atoms. The highest BCUT2D eigenvalue weighted by Crippen LogP contribution is 2.08. The number of guanidine groups is 1. The summed E-state index contributed by atoms with van der Waals surface area (Å²) in [6, 6.07) is 4.02. The fourth-order valence-corrected chi connectivity index (χ4v) is 4.03. The van der Waals surface area contributed by atoms with Gasteiger partial charge in [-0.3, -0.25) is 24.2 Å². The van der Waals surface area contributed by atoms with Crippen molar-refractivity contribution in [1.29, 1.82) is 0 Å². The molecule has 0 aliphatic rings. The smallest absolute Gasteiger partial charge is 0.326 e. The molecule has 0 aromatic heterocycles. The Balaban J connectivity index is 3.06. The van der Waals surface area contributed by atoms with Crippen molar-refractivity contribution in [2.24, 2.45) is 22.2 Å². The molecule has 0 spiro atoms. The molecule has 15 heteroatoms. The highest BCUT2D eigenvalue weighted by atomic mass is 32.2. The molecule has 222 valence electrons. The summed E-state index contributed by atoms with van der Waals surface area (Å²) in [5.74, 6) is -4.25. The zero-order valence-corrected chi connectivity index (χ0v) is 23.2. The number of thioether (sulfide) groups is 1. The average molecular weight is 582 g/mol. The SMILES string of the molecule is CSCCC(NC(=O)C(Cc1ccccc1)NC(=O)C(CCC(=O)O)NC(=O)C(N)CCCN=C(N)N)C(=O)O. The molecule has 0 saturated heterocycles. The molecule has 1 aromatic rings. The van der Waals surface area contributed by atoms with E-state index in [1.807, 2.05) is 0 Å². The summed E-state index contributed by atoms with van der Waals surface area (Å²) in [5, 5.41) is 26.1. The molecular weight excluding hydrogens is 542 g/mol. The van der Waals surface area contributed by atoms with Crippen molar-refractivity contribution in [3.8, 4) is 0 Å². The highest BCUT2D eigenvalue weighted by molar-refractivity contribution is 7.98. The van der Waals surface area contributed by atoms with E-state index in [0.717, 1.165) is 0 Å². The first-order chi connectivity index (χ1) is 18.9. The van der Waals surface area contributed by atoms with Crippen LogP contribution in [0.1, 0.15) is 37.7 Å². The van der Waals surface area contributed by atoms with Crippen LogP contribution in [-0.4, -0.2) is 88.6 Å². The number of carboxylic acid groups (broad SMARTS) is 2. The third kappa shape index (κ3) is 13.8. The van der Waals surface area contributed by atoms with E-state index in [0.29, 0.717) is 17.7 Å². The number of carbonyl (C=O) groups excluding carboxylic acids is 3. The van der Waals surface area contributed by atoms with Crippen LogP contribution in [0, 0.1) is 0 Å². The lowest BCUT2D eigenvalue weighted by Gasteiger charge is -2.25. The third-order valence-corrected chi connectivity index (χ3v) is 6.37. The van der Waals surface area contributed by atoms with Crippen molar-refractivity contribution >= 4 is 47.4 Å². The van der Waals surface area contributed by atoms with Gasteiger partial charge in [-0.2, -0.15) is 11.8 Å². The molecule has 0 heterocycles. The van der Waals surface area contributed by atoms with Crippen LogP contribution in [0.15, 0.2) is 35.3 Å². The number of nitrogens with two attached hydrogens (primary N) is 3. The number of amides is 3. The highest BCUT2D eigenvalue weighted by Gasteiger charge is 2.30. The van der Waals surface area contributed by atoms with Crippen LogP contribution >= 0.6 is 11.8 Å². The van der Waals surface area contributed by atoms with Crippen LogP contribution in [0.5, 0.6) is 0 Å². The first-order valence-corrected chi connectivity index (χ1v) is 14.0. The molecular formula is C25H39N7O7S. The van der Waals surface area contributed by atoms with Crippen LogP contribution in [0.3, 0.4) is 0 Å². The van der Waals surface area contributed by atoms with Crippen LogP contribution in [0.2, 0.25) is 0 Å². The standard InChI is InChI=1S/C25H39N7O7S/c1-40-13-11-18(24(38)39)31-23(37)19(14-15-6-3-2-4-7-15)32-22(36)17(9-10-20(33)34)30-21(35)16(26)8-5-12-29-25(27)28/h2-4,6-7,16-19H,5,8-14,26H2,1H3,(H,30,35)(H,31,37)(H,32,36)(H,33,34)(H,38,39)(H4,27,28,29). The maximum Gasteiger partial charge on any atom is 0.326 e. The van der Waals surface area contributed by atoms with Crippen LogP contribution in [0.4, 0.5) is 0 Å². The van der Waals surface area contributed by atoms with E-state index < -0.39 is 60.2 Å². The second-order valence-corrected chi connectivity index (χ2v) is 9.97. The number of carboxylic acids is 2. The summed E-state index contributed by atoms with van der Waals surface area (Å²) in [6.45, 7) is 0.247. The quantitative estimate of drug-likeness (QED) is 0.0545. The molecule has 0 bridgehead atoms. The Morgan fingerprint density at radius 2 is 1.48 bits per heavy atom. The second-order valence-electron chi connectivity index (χ2n) is 8.98. The van der Waals surface area contributed by atoms with Gasteiger partial charge in [0, 0.05) is 19.4 Å². The van der Waals surface area contributed by atoms with Gasteiger partial charge in [0.15, 0.2) is 5.96 Å². The van der Waals surface area contributed by atoms with Crippen molar-refractivity contribution in [2.45, 2.75) is 62.7 Å². The summed E-state index contributed by atoms with van der Waals surface area (Å²) < 4.78 is 0. The molecule has 11 N–H and O–H groups in total. The number of nitrogens with one attached hydrogen (secondary N) is 3. The Morgan fingerprint density at radius 3 is 2.05 bits per heavy atom. The topological polar surface area (TPSA) is 252 Å². The number of benzene rings is 1. The Bertz CT molecular complexity index is 1020. The van der Waals surface area contributed by atoms with Crippen molar-refractivity contribution in [3.05, 3.63) is 35.9 Å². The lowest BCUT2D eigenvalue weighted by molar-refractivity contribution is -0.142. The van der Waals surface area contributed by atoms with Gasteiger partial charge in [-0.1, -0.05) is 30.3 Å². The van der Waals surface area contributed by atoms with Crippen LogP contribution in [-0.2, 0) is 30.4 Å². The zero-order valence-electron chi connectivity index (χ0n) is 22.4. The minimum absolute atomic E-state index is 0.0250. The largest absolute Gasteiger partial charge is 0.481 e. The maximum atomic E-state index is 13.2. The number of hydrogen-bond donors (Lipinski definition) is 8. The van der Waals surface area contributed by atoms with E-state index >= 15 is 0 Å². The Morgan fingerprint density at radius 1 is 0.875 bits per heavy atom. The number of aliphatic carboxylic acids is 2. The van der Waals surface area contributed by atoms with E-state index in [2.05, 4.69) is 20.9 Å². The van der Waals surface area contributed by atoms with Gasteiger partial charge in [0.05, 0.1) is 6.04 Å². The van der Waals surface area contributed by atoms with Gasteiger partial charge < -0.3 is 43.4 Å². The summed E-state index contributed by atoms with van der Waals surface area (Å²) in [6.07, 6.45) is 1.88. The maximum absolute atomic E-state index is 13.2. The lowest BCUT2D eigenvalue weighted by Crippen LogP contribution is -2.57. The monoisotopic (exact) mass is 581 g/mol. The van der Waals surface area contributed by atoms with E-state index in [1.54, 1.807) is 36.6 Å². The van der Waals surface area contributed by atoms with E-state index in [9.17, 15) is 29.1 Å². The molecule has 0 aliphatic carbocycles. The van der Waals surface area contributed by atoms with Gasteiger partial charge in [0.25, 0.3) is 0 Å². The van der Waals surface area contributed by atoms with Crippen molar-refractivity contribution in [1.82, 2.24) is 16.0 Å². The van der Waals surface area contributed by atoms with Crippen LogP contribution in [0.25, 0.3) is 0 Å². The molecule has 1 aromatic carbocycles. The van der Waals surface area contributed by atoms with E-state index in [4.69, 9.17) is 22.3 Å². The van der Waals surface area contributed by atoms with Gasteiger partial charge in [0.1, 0.15) is 18.1 Å². The Hall–Kier alpha value is -3.85. The van der Waals surface area contributed by atoms with Crippen molar-refractivity contribution in [2.75, 3.05) is 18.6 Å². The molecule has 4 atom stereocenters. The first-order valence-electron chi connectivity index (χ1n) is 12.6. The molecule has 1 rings (SSSR count). The van der Waals surface area contributed by atoms with Gasteiger partial charge in [-0.25, -0.2) is 4.79 Å². The second kappa shape index (κ2) is 18.4. The molecule has 0 fully saturated rings.